The second-order valence-electron chi connectivity index (χ2n) is 7.10. The SMILES string of the molecule is CCCCc1nc2c(N)nc3ccccc3c2n1C[C@@H]1CCCCN1. The van der Waals surface area contributed by atoms with Gasteiger partial charge in [0.15, 0.2) is 5.82 Å². The zero-order valence-corrected chi connectivity index (χ0v) is 15.0. The Hall–Kier alpha value is -2.14. The molecule has 5 heteroatoms. The Kier molecular flexibility index (Phi) is 4.57. The maximum atomic E-state index is 6.26. The van der Waals surface area contributed by atoms with Gasteiger partial charge in [-0.25, -0.2) is 9.97 Å². The van der Waals surface area contributed by atoms with Gasteiger partial charge in [0.2, 0.25) is 0 Å². The van der Waals surface area contributed by atoms with Crippen molar-refractivity contribution >= 4 is 27.8 Å². The molecule has 1 aliphatic heterocycles. The number of imidazole rings is 1. The number of para-hydroxylation sites is 1. The summed E-state index contributed by atoms with van der Waals surface area (Å²) in [4.78, 5) is 9.48. The van der Waals surface area contributed by atoms with Gasteiger partial charge >= 0.3 is 0 Å². The highest BCUT2D eigenvalue weighted by Gasteiger charge is 2.20. The lowest BCUT2D eigenvalue weighted by Gasteiger charge is -2.25. The molecular formula is C20H27N5. The van der Waals surface area contributed by atoms with E-state index < -0.39 is 0 Å². The van der Waals surface area contributed by atoms with Crippen molar-refractivity contribution in [3.8, 4) is 0 Å². The summed E-state index contributed by atoms with van der Waals surface area (Å²) < 4.78 is 2.41. The number of nitrogens with one attached hydrogen (secondary N) is 1. The lowest BCUT2D eigenvalue weighted by Crippen LogP contribution is -2.37. The van der Waals surface area contributed by atoms with E-state index in [1.807, 2.05) is 12.1 Å². The van der Waals surface area contributed by atoms with Gasteiger partial charge in [0.25, 0.3) is 0 Å². The van der Waals surface area contributed by atoms with Crippen molar-refractivity contribution in [3.05, 3.63) is 30.1 Å². The Balaban J connectivity index is 1.88. The largest absolute Gasteiger partial charge is 0.382 e. The van der Waals surface area contributed by atoms with Crippen molar-refractivity contribution in [1.82, 2.24) is 19.9 Å². The zero-order valence-electron chi connectivity index (χ0n) is 15.0. The molecule has 132 valence electrons. The fourth-order valence-electron chi connectivity index (χ4n) is 3.93. The maximum Gasteiger partial charge on any atom is 0.152 e. The number of rotatable bonds is 5. The van der Waals surface area contributed by atoms with Crippen molar-refractivity contribution in [3.63, 3.8) is 0 Å². The van der Waals surface area contributed by atoms with E-state index in [9.17, 15) is 0 Å². The van der Waals surface area contributed by atoms with Crippen LogP contribution in [0, 0.1) is 0 Å². The van der Waals surface area contributed by atoms with Crippen LogP contribution in [0.2, 0.25) is 0 Å². The third-order valence-electron chi connectivity index (χ3n) is 5.26. The maximum absolute atomic E-state index is 6.26. The fourth-order valence-corrected chi connectivity index (χ4v) is 3.93. The molecule has 0 unspecified atom stereocenters. The number of piperidine rings is 1. The first-order valence-corrected chi connectivity index (χ1v) is 9.54. The van der Waals surface area contributed by atoms with Crippen LogP contribution in [-0.4, -0.2) is 27.1 Å². The number of fused-ring (bicyclic) bond motifs is 3. The first kappa shape index (κ1) is 16.3. The van der Waals surface area contributed by atoms with Gasteiger partial charge < -0.3 is 15.6 Å². The molecule has 0 aliphatic carbocycles. The summed E-state index contributed by atoms with van der Waals surface area (Å²) in [6, 6.07) is 8.77. The second kappa shape index (κ2) is 7.00. The van der Waals surface area contributed by atoms with E-state index in [4.69, 9.17) is 10.7 Å². The van der Waals surface area contributed by atoms with E-state index in [1.165, 1.54) is 25.7 Å². The van der Waals surface area contributed by atoms with Crippen LogP contribution in [0.4, 0.5) is 5.82 Å². The van der Waals surface area contributed by atoms with E-state index in [0.29, 0.717) is 11.9 Å². The highest BCUT2D eigenvalue weighted by molar-refractivity contribution is 6.06. The van der Waals surface area contributed by atoms with Gasteiger partial charge in [0, 0.05) is 24.4 Å². The summed E-state index contributed by atoms with van der Waals surface area (Å²) in [5, 5.41) is 4.82. The number of hydrogen-bond donors (Lipinski definition) is 2. The average molecular weight is 337 g/mol. The number of anilines is 1. The number of unbranched alkanes of at least 4 members (excludes halogenated alkanes) is 1. The minimum absolute atomic E-state index is 0.514. The molecule has 0 saturated carbocycles. The molecule has 5 nitrogen and oxygen atoms in total. The average Bonchev–Trinajstić information content (AvgIpc) is 3.00. The molecular weight excluding hydrogens is 310 g/mol. The summed E-state index contributed by atoms with van der Waals surface area (Å²) in [6.07, 6.45) is 7.12. The molecule has 1 aliphatic rings. The quantitative estimate of drug-likeness (QED) is 0.745. The molecule has 1 saturated heterocycles. The molecule has 3 aromatic rings. The van der Waals surface area contributed by atoms with E-state index in [1.54, 1.807) is 0 Å². The number of nitrogen functional groups attached to an aromatic ring is 1. The van der Waals surface area contributed by atoms with Gasteiger partial charge in [-0.3, -0.25) is 0 Å². The first-order valence-electron chi connectivity index (χ1n) is 9.54. The summed E-state index contributed by atoms with van der Waals surface area (Å²) in [5.74, 6) is 1.69. The van der Waals surface area contributed by atoms with Gasteiger partial charge in [0.05, 0.1) is 11.0 Å². The third-order valence-corrected chi connectivity index (χ3v) is 5.26. The Morgan fingerprint density at radius 3 is 2.92 bits per heavy atom. The standard InChI is InChI=1S/C20H27N5/c1-2-3-11-17-24-18-19(25(17)13-14-8-6-7-12-22-14)15-9-4-5-10-16(15)23-20(18)21/h4-5,9-10,14,22H,2-3,6-8,11-13H2,1H3,(H2,21,23)/t14-/m0/s1. The van der Waals surface area contributed by atoms with Crippen molar-refractivity contribution < 1.29 is 0 Å². The van der Waals surface area contributed by atoms with Crippen molar-refractivity contribution in [2.75, 3.05) is 12.3 Å². The van der Waals surface area contributed by atoms with E-state index in [-0.39, 0.29) is 0 Å². The Morgan fingerprint density at radius 1 is 1.24 bits per heavy atom. The second-order valence-corrected chi connectivity index (χ2v) is 7.10. The number of pyridine rings is 1. The minimum atomic E-state index is 0.514. The van der Waals surface area contributed by atoms with Gasteiger partial charge in [-0.2, -0.15) is 0 Å². The van der Waals surface area contributed by atoms with Crippen molar-refractivity contribution in [1.29, 1.82) is 0 Å². The molecule has 2 aromatic heterocycles. The molecule has 1 aromatic carbocycles. The van der Waals surface area contributed by atoms with Crippen LogP contribution in [0.1, 0.15) is 44.9 Å². The van der Waals surface area contributed by atoms with Gasteiger partial charge in [-0.15, -0.1) is 0 Å². The number of nitrogens with zero attached hydrogens (tertiary/aromatic N) is 3. The molecule has 25 heavy (non-hydrogen) atoms. The summed E-state index contributed by atoms with van der Waals surface area (Å²) in [7, 11) is 0. The minimum Gasteiger partial charge on any atom is -0.382 e. The first-order chi connectivity index (χ1) is 12.3. The zero-order chi connectivity index (χ0) is 17.2. The van der Waals surface area contributed by atoms with Crippen LogP contribution >= 0.6 is 0 Å². The van der Waals surface area contributed by atoms with Crippen LogP contribution in [-0.2, 0) is 13.0 Å². The van der Waals surface area contributed by atoms with Crippen LogP contribution in [0.15, 0.2) is 24.3 Å². The predicted octanol–water partition coefficient (Wildman–Crippen LogP) is 3.65. The summed E-state index contributed by atoms with van der Waals surface area (Å²) in [5.41, 5.74) is 9.23. The number of nitrogens with two attached hydrogens (primary N) is 1. The van der Waals surface area contributed by atoms with Crippen LogP contribution in [0.25, 0.3) is 21.9 Å². The molecule has 4 rings (SSSR count). The fraction of sp³-hybridized carbons (Fsp3) is 0.500. The topological polar surface area (TPSA) is 68.8 Å². The molecule has 3 heterocycles. The Bertz CT molecular complexity index is 877. The van der Waals surface area contributed by atoms with Gasteiger partial charge in [-0.1, -0.05) is 38.0 Å². The predicted molar refractivity (Wildman–Crippen MR) is 104 cm³/mol. The molecule has 0 amide bonds. The number of aromatic nitrogens is 3. The number of hydrogen-bond acceptors (Lipinski definition) is 4. The summed E-state index contributed by atoms with van der Waals surface area (Å²) >= 11 is 0. The van der Waals surface area contributed by atoms with Crippen molar-refractivity contribution in [2.45, 2.75) is 58.0 Å². The van der Waals surface area contributed by atoms with Crippen LogP contribution < -0.4 is 11.1 Å². The monoisotopic (exact) mass is 337 g/mol. The highest BCUT2D eigenvalue weighted by Crippen LogP contribution is 2.30. The van der Waals surface area contributed by atoms with Crippen LogP contribution in [0.3, 0.4) is 0 Å². The molecule has 0 spiro atoms. The Labute approximate surface area is 148 Å². The highest BCUT2D eigenvalue weighted by atomic mass is 15.1. The van der Waals surface area contributed by atoms with E-state index >= 15 is 0 Å². The molecule has 0 radical (unpaired) electrons. The normalized spacial score (nSPS) is 18.2. The summed E-state index contributed by atoms with van der Waals surface area (Å²) in [6.45, 7) is 4.30. The molecule has 3 N–H and O–H groups in total. The lowest BCUT2D eigenvalue weighted by atomic mass is 10.0. The number of aryl methyl sites for hydroxylation is 1. The third kappa shape index (κ3) is 3.09. The molecule has 1 atom stereocenters. The van der Waals surface area contributed by atoms with E-state index in [0.717, 1.165) is 53.7 Å². The molecule has 0 bridgehead atoms. The van der Waals surface area contributed by atoms with Gasteiger partial charge in [0.1, 0.15) is 11.3 Å². The van der Waals surface area contributed by atoms with Crippen LogP contribution in [0.5, 0.6) is 0 Å². The molecule has 1 fully saturated rings. The number of benzene rings is 1. The Morgan fingerprint density at radius 2 is 2.12 bits per heavy atom. The van der Waals surface area contributed by atoms with E-state index in [2.05, 4.69) is 33.9 Å². The van der Waals surface area contributed by atoms with Gasteiger partial charge in [-0.05, 0) is 31.9 Å². The lowest BCUT2D eigenvalue weighted by molar-refractivity contribution is 0.362. The van der Waals surface area contributed by atoms with Crippen molar-refractivity contribution in [2.24, 2.45) is 0 Å². The smallest absolute Gasteiger partial charge is 0.152 e.